The summed E-state index contributed by atoms with van der Waals surface area (Å²) in [7, 11) is 6.22. The minimum absolute atomic E-state index is 0.0118. The van der Waals surface area contributed by atoms with Gasteiger partial charge in [0.25, 0.3) is 0 Å². The molecule has 2 amide bonds. The van der Waals surface area contributed by atoms with Gasteiger partial charge >= 0.3 is 0 Å². The number of rotatable bonds is 34. The molecule has 0 rings (SSSR count). The summed E-state index contributed by atoms with van der Waals surface area (Å²) in [5.41, 5.74) is 0. The van der Waals surface area contributed by atoms with E-state index in [0.717, 1.165) is 19.3 Å². The average Bonchev–Trinajstić information content (AvgIpc) is 3.00. The molecule has 0 spiro atoms. The highest BCUT2D eigenvalue weighted by atomic mass is 16.2. The number of carbonyl (C=O) groups is 2. The van der Waals surface area contributed by atoms with Gasteiger partial charge in [-0.3, -0.25) is 9.59 Å². The van der Waals surface area contributed by atoms with Crippen LogP contribution < -0.4 is 10.6 Å². The van der Waals surface area contributed by atoms with Crippen LogP contribution in [-0.4, -0.2) is 56.6 Å². The molecule has 1 atom stereocenters. The van der Waals surface area contributed by atoms with Crippen molar-refractivity contribution < 1.29 is 14.1 Å². The van der Waals surface area contributed by atoms with E-state index in [1.54, 1.807) is 0 Å². The van der Waals surface area contributed by atoms with Gasteiger partial charge in [-0.05, 0) is 38.5 Å². The first-order chi connectivity index (χ1) is 21.8. The minimum Gasteiger partial charge on any atom is -0.354 e. The molecule has 0 radical (unpaired) electrons. The van der Waals surface area contributed by atoms with E-state index in [0.29, 0.717) is 24.0 Å². The molecule has 0 saturated carbocycles. The Morgan fingerprint density at radius 2 is 0.911 bits per heavy atom. The topological polar surface area (TPSA) is 58.2 Å². The molecule has 0 aromatic rings. The molecule has 0 heterocycles. The molecule has 266 valence electrons. The first-order valence-electron chi connectivity index (χ1n) is 19.8. The third kappa shape index (κ3) is 33.8. The van der Waals surface area contributed by atoms with E-state index >= 15 is 0 Å². The predicted molar refractivity (Wildman–Crippen MR) is 198 cm³/mol. The fraction of sp³-hybridized carbons (Fsp3) is 0.900. The Morgan fingerprint density at radius 1 is 0.533 bits per heavy atom. The lowest BCUT2D eigenvalue weighted by Gasteiger charge is -2.29. The van der Waals surface area contributed by atoms with Gasteiger partial charge < -0.3 is 15.1 Å². The molecule has 2 N–H and O–H groups in total. The van der Waals surface area contributed by atoms with E-state index in [1.165, 1.54) is 154 Å². The van der Waals surface area contributed by atoms with Crippen molar-refractivity contribution in [2.75, 3.05) is 34.2 Å². The van der Waals surface area contributed by atoms with Crippen molar-refractivity contribution in [1.82, 2.24) is 10.6 Å². The van der Waals surface area contributed by atoms with Crippen molar-refractivity contribution in [1.29, 1.82) is 0 Å². The molecule has 0 aromatic carbocycles. The third-order valence-electron chi connectivity index (χ3n) is 8.88. The Hall–Kier alpha value is -1.36. The summed E-state index contributed by atoms with van der Waals surface area (Å²) in [4.78, 5) is 25.6. The van der Waals surface area contributed by atoms with Crippen molar-refractivity contribution in [2.24, 2.45) is 0 Å². The number of hydrogen-bond donors (Lipinski definition) is 2. The summed E-state index contributed by atoms with van der Waals surface area (Å²) >= 11 is 0. The largest absolute Gasteiger partial charge is 0.354 e. The molecular formula is C40H80N3O2+. The second-order valence-electron chi connectivity index (χ2n) is 14.8. The summed E-state index contributed by atoms with van der Waals surface area (Å²) < 4.78 is 0.643. The van der Waals surface area contributed by atoms with Crippen LogP contribution in [0.2, 0.25) is 0 Å². The van der Waals surface area contributed by atoms with Gasteiger partial charge in [-0.2, -0.15) is 0 Å². The standard InChI is InChI=1S/C40H79N3O2/c1-6-8-10-12-14-16-18-20-22-23-25-27-29-31-33-35-39(44)42-38(37-43(3,4)5)40(45)41-36-34-32-30-28-26-24-21-19-17-15-13-11-9-7-2/h20,22,38H,6-19,21,23-37H2,1-5H3,(H-,41,42,44,45)/p+1/b22-20+. The number of carbonyl (C=O) groups excluding carboxylic acids is 2. The molecule has 0 aliphatic rings. The third-order valence-corrected chi connectivity index (χ3v) is 8.88. The van der Waals surface area contributed by atoms with E-state index in [2.05, 4.69) is 57.8 Å². The zero-order valence-corrected chi connectivity index (χ0v) is 31.2. The monoisotopic (exact) mass is 635 g/mol. The summed E-state index contributed by atoms with van der Waals surface area (Å²) in [5, 5.41) is 6.16. The summed E-state index contributed by atoms with van der Waals surface area (Å²) in [6.45, 7) is 5.85. The van der Waals surface area contributed by atoms with Crippen molar-refractivity contribution in [3.05, 3.63) is 12.2 Å². The van der Waals surface area contributed by atoms with Gasteiger partial charge in [-0.1, -0.05) is 161 Å². The van der Waals surface area contributed by atoms with Gasteiger partial charge in [0.2, 0.25) is 11.8 Å². The van der Waals surface area contributed by atoms with Crippen LogP contribution in [0.25, 0.3) is 0 Å². The van der Waals surface area contributed by atoms with Crippen LogP contribution in [0.3, 0.4) is 0 Å². The zero-order chi connectivity index (χ0) is 33.3. The zero-order valence-electron chi connectivity index (χ0n) is 31.2. The van der Waals surface area contributed by atoms with Gasteiger partial charge in [-0.25, -0.2) is 0 Å². The normalized spacial score (nSPS) is 12.6. The molecule has 5 heteroatoms. The van der Waals surface area contributed by atoms with E-state index in [4.69, 9.17) is 0 Å². The molecule has 5 nitrogen and oxygen atoms in total. The second-order valence-corrected chi connectivity index (χ2v) is 14.8. The number of allylic oxidation sites excluding steroid dienone is 2. The van der Waals surface area contributed by atoms with E-state index in [1.807, 2.05) is 0 Å². The molecule has 1 unspecified atom stereocenters. The highest BCUT2D eigenvalue weighted by Crippen LogP contribution is 2.13. The highest BCUT2D eigenvalue weighted by Gasteiger charge is 2.26. The SMILES string of the molecule is CCCCCCCC/C=C/CCCCCCCC(=O)NC(C[N+](C)(C)C)C(=O)NCCCCCCCCCCCCCCCC. The van der Waals surface area contributed by atoms with Crippen LogP contribution in [0, 0.1) is 0 Å². The molecular weight excluding hydrogens is 554 g/mol. The summed E-state index contributed by atoms with van der Waals surface area (Å²) in [6, 6.07) is -0.465. The summed E-state index contributed by atoms with van der Waals surface area (Å²) in [5.74, 6) is -0.0200. The maximum absolute atomic E-state index is 13.0. The minimum atomic E-state index is -0.465. The molecule has 0 saturated heterocycles. The van der Waals surface area contributed by atoms with Crippen LogP contribution >= 0.6 is 0 Å². The fourth-order valence-corrected chi connectivity index (χ4v) is 6.02. The number of unbranched alkanes of at least 4 members (excludes halogenated alkanes) is 24. The Balaban J connectivity index is 3.89. The van der Waals surface area contributed by atoms with Gasteiger partial charge in [0, 0.05) is 13.0 Å². The Kier molecular flexibility index (Phi) is 31.6. The number of amides is 2. The van der Waals surface area contributed by atoms with Crippen LogP contribution in [-0.2, 0) is 9.59 Å². The molecule has 0 aliphatic heterocycles. The first-order valence-corrected chi connectivity index (χ1v) is 19.8. The van der Waals surface area contributed by atoms with Crippen LogP contribution in [0.1, 0.15) is 194 Å². The maximum Gasteiger partial charge on any atom is 0.248 e. The van der Waals surface area contributed by atoms with Gasteiger partial charge in [0.1, 0.15) is 6.54 Å². The van der Waals surface area contributed by atoms with Crippen LogP contribution in [0.5, 0.6) is 0 Å². The number of hydrogen-bond acceptors (Lipinski definition) is 2. The molecule has 45 heavy (non-hydrogen) atoms. The predicted octanol–water partition coefficient (Wildman–Crippen LogP) is 10.8. The highest BCUT2D eigenvalue weighted by molar-refractivity contribution is 5.87. The van der Waals surface area contributed by atoms with Crippen LogP contribution in [0.15, 0.2) is 12.2 Å². The van der Waals surface area contributed by atoms with Crippen LogP contribution in [0.4, 0.5) is 0 Å². The van der Waals surface area contributed by atoms with Gasteiger partial charge in [-0.15, -0.1) is 0 Å². The van der Waals surface area contributed by atoms with Crippen molar-refractivity contribution in [3.63, 3.8) is 0 Å². The lowest BCUT2D eigenvalue weighted by Crippen LogP contribution is -2.55. The Labute approximate surface area is 282 Å². The molecule has 0 fully saturated rings. The number of nitrogens with zero attached hydrogens (tertiary/aromatic N) is 1. The van der Waals surface area contributed by atoms with Crippen molar-refractivity contribution >= 4 is 11.8 Å². The Bertz CT molecular complexity index is 686. The number of nitrogens with one attached hydrogen (secondary N) is 2. The van der Waals surface area contributed by atoms with E-state index in [-0.39, 0.29) is 11.8 Å². The van der Waals surface area contributed by atoms with E-state index in [9.17, 15) is 9.59 Å². The lowest BCUT2D eigenvalue weighted by molar-refractivity contribution is -0.870. The molecule has 0 aromatic heterocycles. The van der Waals surface area contributed by atoms with Crippen molar-refractivity contribution in [3.8, 4) is 0 Å². The van der Waals surface area contributed by atoms with Gasteiger partial charge in [0.15, 0.2) is 6.04 Å². The maximum atomic E-state index is 13.0. The lowest BCUT2D eigenvalue weighted by atomic mass is 10.0. The van der Waals surface area contributed by atoms with E-state index < -0.39 is 6.04 Å². The average molecular weight is 635 g/mol. The summed E-state index contributed by atoms with van der Waals surface area (Å²) in [6.07, 6.45) is 40.1. The molecule has 0 bridgehead atoms. The first kappa shape index (κ1) is 43.6. The smallest absolute Gasteiger partial charge is 0.248 e. The number of quaternary nitrogens is 1. The van der Waals surface area contributed by atoms with Gasteiger partial charge in [0.05, 0.1) is 21.1 Å². The quantitative estimate of drug-likeness (QED) is 0.0420. The van der Waals surface area contributed by atoms with Crippen molar-refractivity contribution in [2.45, 2.75) is 200 Å². The second kappa shape index (κ2) is 32.6. The Morgan fingerprint density at radius 3 is 1.33 bits per heavy atom. The molecule has 0 aliphatic carbocycles. The fourth-order valence-electron chi connectivity index (χ4n) is 6.02. The number of likely N-dealkylation sites (N-methyl/N-ethyl adjacent to an activating group) is 1.